The van der Waals surface area contributed by atoms with E-state index in [4.69, 9.17) is 0 Å². The van der Waals surface area contributed by atoms with Crippen LogP contribution in [0.1, 0.15) is 49.2 Å². The van der Waals surface area contributed by atoms with E-state index in [-0.39, 0.29) is 17.2 Å². The number of aromatic amines is 1. The molecule has 0 unspecified atom stereocenters. The van der Waals surface area contributed by atoms with Gasteiger partial charge in [-0.1, -0.05) is 20.8 Å². The predicted molar refractivity (Wildman–Crippen MR) is 99.8 cm³/mol. The van der Waals surface area contributed by atoms with Crippen LogP contribution in [0.5, 0.6) is 0 Å². The first kappa shape index (κ1) is 18.3. The van der Waals surface area contributed by atoms with Gasteiger partial charge >= 0.3 is 5.69 Å². The number of piperazine rings is 1. The molecule has 8 heteroatoms. The van der Waals surface area contributed by atoms with Crippen LogP contribution in [-0.4, -0.2) is 51.5 Å². The molecule has 2 aromatic rings. The number of carbonyl (C=O) groups excluding carboxylic acids is 1. The summed E-state index contributed by atoms with van der Waals surface area (Å²) in [6, 6.07) is 1.70. The fourth-order valence-electron chi connectivity index (χ4n) is 3.23. The molecule has 0 bridgehead atoms. The lowest BCUT2D eigenvalue weighted by Crippen LogP contribution is -2.46. The lowest BCUT2D eigenvalue weighted by molar-refractivity contribution is 0.0737. The summed E-state index contributed by atoms with van der Waals surface area (Å²) < 4.78 is 1.46. The zero-order valence-electron chi connectivity index (χ0n) is 15.5. The van der Waals surface area contributed by atoms with Crippen LogP contribution in [0.4, 0.5) is 0 Å². The van der Waals surface area contributed by atoms with Crippen LogP contribution in [0.2, 0.25) is 0 Å². The van der Waals surface area contributed by atoms with Crippen LogP contribution in [-0.2, 0) is 6.54 Å². The van der Waals surface area contributed by atoms with Crippen molar-refractivity contribution in [1.29, 1.82) is 0 Å². The highest BCUT2D eigenvalue weighted by Gasteiger charge is 2.24. The van der Waals surface area contributed by atoms with Gasteiger partial charge in [-0.05, 0) is 18.4 Å². The fraction of sp³-hybridized carbons (Fsp3) is 0.556. The Morgan fingerprint density at radius 3 is 2.58 bits per heavy atom. The Bertz CT molecular complexity index is 938. The summed E-state index contributed by atoms with van der Waals surface area (Å²) in [4.78, 5) is 46.6. The van der Waals surface area contributed by atoms with Crippen molar-refractivity contribution in [2.24, 2.45) is 0 Å². The van der Waals surface area contributed by atoms with Crippen molar-refractivity contribution in [2.45, 2.75) is 39.7 Å². The number of fused-ring (bicyclic) bond motifs is 1. The molecular formula is C18H25N5O3. The van der Waals surface area contributed by atoms with E-state index in [1.807, 2.05) is 20.8 Å². The maximum absolute atomic E-state index is 13.1. The molecular weight excluding hydrogens is 334 g/mol. The molecule has 0 spiro atoms. The van der Waals surface area contributed by atoms with E-state index in [9.17, 15) is 14.4 Å². The number of carbonyl (C=O) groups is 1. The van der Waals surface area contributed by atoms with Crippen molar-refractivity contribution >= 4 is 16.9 Å². The number of pyridine rings is 1. The third kappa shape index (κ3) is 3.29. The van der Waals surface area contributed by atoms with Crippen molar-refractivity contribution in [3.05, 3.63) is 38.2 Å². The first-order valence-electron chi connectivity index (χ1n) is 9.11. The number of hydrogen-bond acceptors (Lipinski definition) is 5. The fourth-order valence-corrected chi connectivity index (χ4v) is 3.23. The molecule has 1 aliphatic heterocycles. The molecule has 3 heterocycles. The Morgan fingerprint density at radius 1 is 1.27 bits per heavy atom. The van der Waals surface area contributed by atoms with Crippen LogP contribution < -0.4 is 16.6 Å². The van der Waals surface area contributed by atoms with Gasteiger partial charge in [-0.3, -0.25) is 19.1 Å². The normalized spacial score (nSPS) is 15.0. The van der Waals surface area contributed by atoms with E-state index in [0.717, 1.165) is 19.5 Å². The van der Waals surface area contributed by atoms with Crippen molar-refractivity contribution in [1.82, 2.24) is 24.8 Å². The van der Waals surface area contributed by atoms with E-state index in [1.165, 1.54) is 4.57 Å². The summed E-state index contributed by atoms with van der Waals surface area (Å²) in [5.41, 5.74) is 0.278. The summed E-state index contributed by atoms with van der Waals surface area (Å²) in [6.07, 6.45) is 0.718. The van der Waals surface area contributed by atoms with Gasteiger partial charge in [-0.2, -0.15) is 0 Å². The van der Waals surface area contributed by atoms with Crippen molar-refractivity contribution in [3.63, 3.8) is 0 Å². The monoisotopic (exact) mass is 359 g/mol. The lowest BCUT2D eigenvalue weighted by atomic mass is 10.0. The number of H-pyrrole nitrogens is 1. The zero-order chi connectivity index (χ0) is 18.8. The first-order chi connectivity index (χ1) is 12.4. The molecule has 0 radical (unpaired) electrons. The smallest absolute Gasteiger partial charge is 0.329 e. The van der Waals surface area contributed by atoms with Gasteiger partial charge in [0.05, 0.1) is 10.9 Å². The van der Waals surface area contributed by atoms with Crippen LogP contribution in [0, 0.1) is 0 Å². The van der Waals surface area contributed by atoms with E-state index >= 15 is 0 Å². The number of aromatic nitrogens is 3. The Morgan fingerprint density at radius 2 is 1.96 bits per heavy atom. The van der Waals surface area contributed by atoms with Gasteiger partial charge in [-0.15, -0.1) is 0 Å². The molecule has 2 aromatic heterocycles. The molecule has 0 aromatic carbocycles. The maximum Gasteiger partial charge on any atom is 0.329 e. The molecule has 140 valence electrons. The van der Waals surface area contributed by atoms with E-state index in [1.54, 1.807) is 11.0 Å². The highest BCUT2D eigenvalue weighted by Crippen LogP contribution is 2.21. The summed E-state index contributed by atoms with van der Waals surface area (Å²) in [5, 5.41) is 3.41. The van der Waals surface area contributed by atoms with Crippen molar-refractivity contribution in [2.75, 3.05) is 26.2 Å². The number of amides is 1. The molecule has 1 aliphatic rings. The van der Waals surface area contributed by atoms with E-state index in [0.29, 0.717) is 36.5 Å². The molecule has 0 atom stereocenters. The summed E-state index contributed by atoms with van der Waals surface area (Å²) >= 11 is 0. The molecule has 1 saturated heterocycles. The Balaban J connectivity index is 2.30. The third-order valence-electron chi connectivity index (χ3n) is 4.64. The number of aryl methyl sites for hydroxylation is 1. The highest BCUT2D eigenvalue weighted by atomic mass is 16.2. The van der Waals surface area contributed by atoms with Gasteiger partial charge in [0.25, 0.3) is 11.5 Å². The highest BCUT2D eigenvalue weighted by molar-refractivity contribution is 6.05. The number of hydrogen-bond donors (Lipinski definition) is 2. The van der Waals surface area contributed by atoms with Gasteiger partial charge in [0.15, 0.2) is 5.65 Å². The third-order valence-corrected chi connectivity index (χ3v) is 4.64. The Kier molecular flexibility index (Phi) is 5.22. The zero-order valence-corrected chi connectivity index (χ0v) is 15.5. The quantitative estimate of drug-likeness (QED) is 0.835. The van der Waals surface area contributed by atoms with Crippen LogP contribution in [0.25, 0.3) is 11.0 Å². The molecule has 1 fully saturated rings. The average Bonchev–Trinajstić information content (AvgIpc) is 2.64. The minimum Gasteiger partial charge on any atom is -0.336 e. The standard InChI is InChI=1S/C18H25N5O3/c1-4-7-23-15-14(16(24)21-18(23)26)12(10-13(20-15)11(2)3)17(25)22-8-5-19-6-9-22/h10-11,19H,4-9H2,1-3H3,(H,21,24,26). The minimum atomic E-state index is -0.557. The van der Waals surface area contributed by atoms with E-state index < -0.39 is 11.2 Å². The molecule has 8 nitrogen and oxygen atoms in total. The van der Waals surface area contributed by atoms with Crippen LogP contribution in [0.3, 0.4) is 0 Å². The topological polar surface area (TPSA) is 100 Å². The minimum absolute atomic E-state index is 0.0680. The van der Waals surface area contributed by atoms with Gasteiger partial charge in [-0.25, -0.2) is 9.78 Å². The summed E-state index contributed by atoms with van der Waals surface area (Å²) in [6.45, 7) is 8.96. The predicted octanol–water partition coefficient (Wildman–Crippen LogP) is 0.664. The van der Waals surface area contributed by atoms with Crippen molar-refractivity contribution in [3.8, 4) is 0 Å². The summed E-state index contributed by atoms with van der Waals surface area (Å²) in [5.74, 6) is -0.119. The average molecular weight is 359 g/mol. The molecule has 2 N–H and O–H groups in total. The van der Waals surface area contributed by atoms with Gasteiger partial charge in [0.2, 0.25) is 0 Å². The van der Waals surface area contributed by atoms with Gasteiger partial charge in [0.1, 0.15) is 0 Å². The first-order valence-corrected chi connectivity index (χ1v) is 9.11. The largest absolute Gasteiger partial charge is 0.336 e. The SMILES string of the molecule is CCCn1c(=O)[nH]c(=O)c2c(C(=O)N3CCNCC3)cc(C(C)C)nc21. The second kappa shape index (κ2) is 7.41. The van der Waals surface area contributed by atoms with Crippen LogP contribution in [0.15, 0.2) is 15.7 Å². The molecule has 0 aliphatic carbocycles. The number of rotatable bonds is 4. The maximum atomic E-state index is 13.1. The molecule has 1 amide bonds. The second-order valence-corrected chi connectivity index (χ2v) is 6.90. The second-order valence-electron chi connectivity index (χ2n) is 6.90. The Labute approximate surface area is 151 Å². The Hall–Kier alpha value is -2.48. The van der Waals surface area contributed by atoms with Gasteiger partial charge < -0.3 is 10.2 Å². The molecule has 3 rings (SSSR count). The molecule has 0 saturated carbocycles. The molecule has 26 heavy (non-hydrogen) atoms. The van der Waals surface area contributed by atoms with Crippen molar-refractivity contribution < 1.29 is 4.79 Å². The number of nitrogens with zero attached hydrogens (tertiary/aromatic N) is 3. The van der Waals surface area contributed by atoms with Gasteiger partial charge in [0, 0.05) is 38.4 Å². The van der Waals surface area contributed by atoms with E-state index in [2.05, 4.69) is 15.3 Å². The lowest BCUT2D eigenvalue weighted by Gasteiger charge is -2.28. The number of nitrogens with one attached hydrogen (secondary N) is 2. The summed E-state index contributed by atoms with van der Waals surface area (Å²) in [7, 11) is 0. The van der Waals surface area contributed by atoms with Crippen LogP contribution >= 0.6 is 0 Å².